The lowest BCUT2D eigenvalue weighted by molar-refractivity contribution is -0.136. The lowest BCUT2D eigenvalue weighted by Crippen LogP contribution is -2.07. The maximum Gasteiger partial charge on any atom is 0.333 e. The molecule has 0 radical (unpaired) electrons. The zero-order chi connectivity index (χ0) is 12.7. The first-order valence-electron chi connectivity index (χ1n) is 6.00. The van der Waals surface area contributed by atoms with Gasteiger partial charge in [0.05, 0.1) is 7.11 Å². The van der Waals surface area contributed by atoms with Gasteiger partial charge < -0.3 is 9.30 Å². The van der Waals surface area contributed by atoms with Gasteiger partial charge in [0, 0.05) is 30.9 Å². The maximum atomic E-state index is 11.4. The molecule has 1 heterocycles. The van der Waals surface area contributed by atoms with Crippen LogP contribution in [0.4, 0.5) is 0 Å². The van der Waals surface area contributed by atoms with E-state index in [0.717, 1.165) is 18.7 Å². The van der Waals surface area contributed by atoms with Gasteiger partial charge in [0.25, 0.3) is 0 Å². The highest BCUT2D eigenvalue weighted by Gasteiger charge is 2.07. The van der Waals surface area contributed by atoms with Crippen molar-refractivity contribution in [3.05, 3.63) is 29.9 Å². The molecule has 0 aliphatic carbocycles. The van der Waals surface area contributed by atoms with Crippen molar-refractivity contribution in [1.29, 1.82) is 0 Å². The summed E-state index contributed by atoms with van der Waals surface area (Å²) in [5.41, 5.74) is 0.712. The summed E-state index contributed by atoms with van der Waals surface area (Å²) < 4.78 is 6.78. The molecule has 0 fully saturated rings. The van der Waals surface area contributed by atoms with E-state index < -0.39 is 0 Å². The van der Waals surface area contributed by atoms with E-state index in [1.54, 1.807) is 6.20 Å². The van der Waals surface area contributed by atoms with Crippen molar-refractivity contribution in [2.75, 3.05) is 7.11 Å². The van der Waals surface area contributed by atoms with Crippen LogP contribution in [-0.4, -0.2) is 22.6 Å². The number of methoxy groups -OCH3 is 1. The van der Waals surface area contributed by atoms with Crippen molar-refractivity contribution >= 4 is 5.97 Å². The second kappa shape index (κ2) is 6.89. The quantitative estimate of drug-likeness (QED) is 0.562. The Morgan fingerprint density at radius 2 is 2.29 bits per heavy atom. The van der Waals surface area contributed by atoms with Gasteiger partial charge >= 0.3 is 5.97 Å². The minimum absolute atomic E-state index is 0.246. The van der Waals surface area contributed by atoms with Crippen LogP contribution >= 0.6 is 0 Å². The monoisotopic (exact) mass is 236 g/mol. The number of carbonyl (C=O) groups excluding carboxylic acids is 1. The fourth-order valence-electron chi connectivity index (χ4n) is 1.67. The van der Waals surface area contributed by atoms with Crippen LogP contribution in [0.1, 0.15) is 32.5 Å². The topological polar surface area (TPSA) is 44.1 Å². The molecule has 0 bridgehead atoms. The molecule has 0 saturated heterocycles. The molecule has 1 rings (SSSR count). The Morgan fingerprint density at radius 3 is 2.88 bits per heavy atom. The number of esters is 1. The molecular weight excluding hydrogens is 216 g/mol. The number of aromatic nitrogens is 2. The van der Waals surface area contributed by atoms with E-state index in [4.69, 9.17) is 4.74 Å². The van der Waals surface area contributed by atoms with Gasteiger partial charge in [0.1, 0.15) is 5.82 Å². The lowest BCUT2D eigenvalue weighted by atomic mass is 10.2. The second-order valence-electron chi connectivity index (χ2n) is 3.82. The van der Waals surface area contributed by atoms with Crippen molar-refractivity contribution in [2.45, 2.75) is 39.7 Å². The smallest absolute Gasteiger partial charge is 0.333 e. The summed E-state index contributed by atoms with van der Waals surface area (Å²) >= 11 is 0. The normalized spacial score (nSPS) is 11.6. The van der Waals surface area contributed by atoms with Crippen LogP contribution in [0.5, 0.6) is 0 Å². The molecule has 17 heavy (non-hydrogen) atoms. The van der Waals surface area contributed by atoms with E-state index in [0.29, 0.717) is 18.5 Å². The van der Waals surface area contributed by atoms with Gasteiger partial charge in [-0.15, -0.1) is 0 Å². The Hall–Kier alpha value is -1.58. The van der Waals surface area contributed by atoms with E-state index >= 15 is 0 Å². The van der Waals surface area contributed by atoms with Gasteiger partial charge in [0.15, 0.2) is 0 Å². The predicted molar refractivity (Wildman–Crippen MR) is 66.6 cm³/mol. The molecule has 1 aromatic rings. The first-order valence-corrected chi connectivity index (χ1v) is 6.00. The molecule has 1 aromatic heterocycles. The van der Waals surface area contributed by atoms with Gasteiger partial charge in [-0.25, -0.2) is 9.78 Å². The molecule has 0 saturated carbocycles. The summed E-state index contributed by atoms with van der Waals surface area (Å²) in [4.78, 5) is 15.7. The SMILES string of the molecule is CCCc1nccn1CC=C(CC)C(=O)OC. The van der Waals surface area contributed by atoms with Crippen LogP contribution in [-0.2, 0) is 22.5 Å². The Labute approximate surface area is 102 Å². The summed E-state index contributed by atoms with van der Waals surface area (Å²) in [5.74, 6) is 0.814. The van der Waals surface area contributed by atoms with Crippen LogP contribution in [0, 0.1) is 0 Å². The van der Waals surface area contributed by atoms with Gasteiger partial charge in [-0.2, -0.15) is 0 Å². The number of nitrogens with zero attached hydrogens (tertiary/aromatic N) is 2. The number of aryl methyl sites for hydroxylation is 1. The average molecular weight is 236 g/mol. The lowest BCUT2D eigenvalue weighted by Gasteiger charge is -2.06. The van der Waals surface area contributed by atoms with Crippen molar-refractivity contribution < 1.29 is 9.53 Å². The third-order valence-corrected chi connectivity index (χ3v) is 2.64. The van der Waals surface area contributed by atoms with Crippen molar-refractivity contribution in [2.24, 2.45) is 0 Å². The highest BCUT2D eigenvalue weighted by Crippen LogP contribution is 2.06. The molecule has 0 spiro atoms. The van der Waals surface area contributed by atoms with Gasteiger partial charge in [-0.3, -0.25) is 0 Å². The Morgan fingerprint density at radius 1 is 1.53 bits per heavy atom. The van der Waals surface area contributed by atoms with Gasteiger partial charge in [-0.1, -0.05) is 19.9 Å². The van der Waals surface area contributed by atoms with E-state index in [1.165, 1.54) is 7.11 Å². The number of hydrogen-bond acceptors (Lipinski definition) is 3. The zero-order valence-corrected chi connectivity index (χ0v) is 10.8. The van der Waals surface area contributed by atoms with Crippen molar-refractivity contribution in [1.82, 2.24) is 9.55 Å². The number of imidazole rings is 1. The first-order chi connectivity index (χ1) is 8.22. The minimum atomic E-state index is -0.246. The van der Waals surface area contributed by atoms with Crippen LogP contribution in [0.2, 0.25) is 0 Å². The average Bonchev–Trinajstić information content (AvgIpc) is 2.77. The Balaban J connectivity index is 2.73. The van der Waals surface area contributed by atoms with Crippen LogP contribution in [0.15, 0.2) is 24.0 Å². The summed E-state index contributed by atoms with van der Waals surface area (Å²) in [7, 11) is 1.41. The number of rotatable bonds is 6. The van der Waals surface area contributed by atoms with E-state index in [-0.39, 0.29) is 5.97 Å². The van der Waals surface area contributed by atoms with E-state index in [2.05, 4.69) is 16.5 Å². The molecule has 0 aliphatic heterocycles. The van der Waals surface area contributed by atoms with Crippen LogP contribution < -0.4 is 0 Å². The van der Waals surface area contributed by atoms with Crippen LogP contribution in [0.25, 0.3) is 0 Å². The maximum absolute atomic E-state index is 11.4. The Bertz CT molecular complexity index is 394. The highest BCUT2D eigenvalue weighted by molar-refractivity contribution is 5.88. The summed E-state index contributed by atoms with van der Waals surface area (Å²) in [6.45, 7) is 4.75. The number of ether oxygens (including phenoxy) is 1. The second-order valence-corrected chi connectivity index (χ2v) is 3.82. The molecule has 94 valence electrons. The molecule has 0 amide bonds. The first kappa shape index (κ1) is 13.5. The molecule has 0 atom stereocenters. The standard InChI is InChI=1S/C13H20N2O2/c1-4-6-12-14-8-10-15(12)9-7-11(5-2)13(16)17-3/h7-8,10H,4-6,9H2,1-3H3. The zero-order valence-electron chi connectivity index (χ0n) is 10.8. The molecule has 0 aliphatic rings. The number of hydrogen-bond donors (Lipinski definition) is 0. The van der Waals surface area contributed by atoms with E-state index in [9.17, 15) is 4.79 Å². The highest BCUT2D eigenvalue weighted by atomic mass is 16.5. The van der Waals surface area contributed by atoms with E-state index in [1.807, 2.05) is 19.2 Å². The number of allylic oxidation sites excluding steroid dienone is 1. The molecule has 0 N–H and O–H groups in total. The summed E-state index contributed by atoms with van der Waals surface area (Å²) in [6.07, 6.45) is 8.35. The van der Waals surface area contributed by atoms with Gasteiger partial charge in [-0.05, 0) is 12.8 Å². The third kappa shape index (κ3) is 3.73. The minimum Gasteiger partial charge on any atom is -0.466 e. The van der Waals surface area contributed by atoms with Crippen molar-refractivity contribution in [3.63, 3.8) is 0 Å². The molecular formula is C13H20N2O2. The summed E-state index contributed by atoms with van der Waals surface area (Å²) in [6, 6.07) is 0. The third-order valence-electron chi connectivity index (χ3n) is 2.64. The fraction of sp³-hybridized carbons (Fsp3) is 0.538. The predicted octanol–water partition coefficient (Wildman–Crippen LogP) is 2.35. The Kier molecular flexibility index (Phi) is 5.46. The largest absolute Gasteiger partial charge is 0.466 e. The molecule has 0 aromatic carbocycles. The summed E-state index contributed by atoms with van der Waals surface area (Å²) in [5, 5.41) is 0. The molecule has 0 unspecified atom stereocenters. The fourth-order valence-corrected chi connectivity index (χ4v) is 1.67. The van der Waals surface area contributed by atoms with Crippen molar-refractivity contribution in [3.8, 4) is 0 Å². The molecule has 4 nitrogen and oxygen atoms in total. The van der Waals surface area contributed by atoms with Crippen LogP contribution in [0.3, 0.4) is 0 Å². The number of carbonyl (C=O) groups is 1. The van der Waals surface area contributed by atoms with Gasteiger partial charge in [0.2, 0.25) is 0 Å². The molecule has 4 heteroatoms.